The van der Waals surface area contributed by atoms with Crippen molar-refractivity contribution < 1.29 is 58.2 Å². The van der Waals surface area contributed by atoms with Gasteiger partial charge in [0.1, 0.15) is 18.8 Å². The zero-order valence-electron chi connectivity index (χ0n) is 52.9. The molecule has 0 saturated carbocycles. The van der Waals surface area contributed by atoms with Crippen molar-refractivity contribution in [1.82, 2.24) is 0 Å². The normalized spacial score (nSPS) is 18.0. The number of ether oxygens (including phenoxy) is 5. The second-order valence-corrected chi connectivity index (χ2v) is 23.1. The lowest BCUT2D eigenvalue weighted by atomic mass is 9.98. The summed E-state index contributed by atoms with van der Waals surface area (Å²) in [5.41, 5.74) is 0. The fraction of sp³-hybridized carbons (Fsp3) is 0.775. The van der Waals surface area contributed by atoms with Crippen LogP contribution in [0, 0.1) is 0 Å². The van der Waals surface area contributed by atoms with Crippen molar-refractivity contribution in [2.24, 2.45) is 0 Å². The quantitative estimate of drug-likeness (QED) is 0.0228. The van der Waals surface area contributed by atoms with Crippen LogP contribution in [0.5, 0.6) is 0 Å². The first-order valence-corrected chi connectivity index (χ1v) is 33.9. The smallest absolute Gasteiger partial charge is 0.335 e. The van der Waals surface area contributed by atoms with Crippen LogP contribution in [0.2, 0.25) is 0 Å². The van der Waals surface area contributed by atoms with Crippen LogP contribution in [-0.4, -0.2) is 89.2 Å². The van der Waals surface area contributed by atoms with Gasteiger partial charge in [-0.15, -0.1) is 0 Å². The summed E-state index contributed by atoms with van der Waals surface area (Å²) in [7, 11) is 0. The maximum Gasteiger partial charge on any atom is 0.335 e. The highest BCUT2D eigenvalue weighted by molar-refractivity contribution is 5.74. The molecule has 12 heteroatoms. The molecule has 12 nitrogen and oxygen atoms in total. The first kappa shape index (κ1) is 77.2. The number of carboxylic acids is 1. The Morgan fingerprint density at radius 3 is 1.13 bits per heavy atom. The molecule has 0 aromatic heterocycles. The summed E-state index contributed by atoms with van der Waals surface area (Å²) in [5, 5.41) is 31.6. The number of hydrogen-bond acceptors (Lipinski definition) is 11. The van der Waals surface area contributed by atoms with Gasteiger partial charge in [0.05, 0.1) is 6.61 Å². The maximum atomic E-state index is 13.2. The molecule has 6 atom stereocenters. The molecule has 0 aliphatic carbocycles. The lowest BCUT2D eigenvalue weighted by molar-refractivity contribution is -0.301. The molecule has 0 aromatic rings. The van der Waals surface area contributed by atoms with Crippen molar-refractivity contribution in [3.63, 3.8) is 0 Å². The van der Waals surface area contributed by atoms with Gasteiger partial charge in [0.2, 0.25) is 0 Å². The number of aliphatic hydroxyl groups excluding tert-OH is 2. The molecule has 1 fully saturated rings. The fourth-order valence-corrected chi connectivity index (χ4v) is 9.99. The lowest BCUT2D eigenvalue weighted by Gasteiger charge is -2.40. The first-order valence-electron chi connectivity index (χ1n) is 33.9. The SMILES string of the molecule is CCCCC/C=C\C/C=C\C/C=C\CCCCCCCCC(=O)OC1C(OCC(COC(=O)CCCCCCCCCCC/C=C\C/C=C\CCCCC)OC(=O)CCCCCCC/C=C\CCCCCCCC)OC(C(=O)O)C(O)C1O. The van der Waals surface area contributed by atoms with Gasteiger partial charge in [-0.1, -0.05) is 241 Å². The Labute approximate surface area is 506 Å². The summed E-state index contributed by atoms with van der Waals surface area (Å²) in [6.07, 6.45) is 62.7. The molecular formula is C71H122O12. The largest absolute Gasteiger partial charge is 0.479 e. The average molecular weight is 1170 g/mol. The van der Waals surface area contributed by atoms with Crippen LogP contribution >= 0.6 is 0 Å². The minimum atomic E-state index is -1.91. The van der Waals surface area contributed by atoms with Crippen molar-refractivity contribution in [2.75, 3.05) is 13.2 Å². The van der Waals surface area contributed by atoms with Gasteiger partial charge in [-0.05, 0) is 116 Å². The molecule has 0 spiro atoms. The van der Waals surface area contributed by atoms with E-state index in [4.69, 9.17) is 23.7 Å². The third-order valence-electron chi connectivity index (χ3n) is 15.2. The fourth-order valence-electron chi connectivity index (χ4n) is 9.99. The van der Waals surface area contributed by atoms with E-state index >= 15 is 0 Å². The van der Waals surface area contributed by atoms with Crippen LogP contribution in [-0.2, 0) is 42.9 Å². The third kappa shape index (κ3) is 48.0. The monoisotopic (exact) mass is 1170 g/mol. The number of carboxylic acid groups (broad SMARTS) is 1. The van der Waals surface area contributed by atoms with Gasteiger partial charge in [0.15, 0.2) is 24.6 Å². The van der Waals surface area contributed by atoms with Gasteiger partial charge in [-0.25, -0.2) is 4.79 Å². The van der Waals surface area contributed by atoms with Gasteiger partial charge in [0, 0.05) is 19.3 Å². The van der Waals surface area contributed by atoms with Crippen LogP contribution in [0.25, 0.3) is 0 Å². The number of rotatable bonds is 58. The van der Waals surface area contributed by atoms with Crippen molar-refractivity contribution >= 4 is 23.9 Å². The molecule has 0 bridgehead atoms. The summed E-state index contributed by atoms with van der Waals surface area (Å²) in [6, 6.07) is 0. The van der Waals surface area contributed by atoms with Crippen molar-refractivity contribution in [3.05, 3.63) is 72.9 Å². The number of carbonyl (C=O) groups excluding carboxylic acids is 3. The molecule has 6 unspecified atom stereocenters. The van der Waals surface area contributed by atoms with E-state index in [-0.39, 0.29) is 25.9 Å². The second kappa shape index (κ2) is 58.5. The van der Waals surface area contributed by atoms with Crippen LogP contribution < -0.4 is 0 Å². The van der Waals surface area contributed by atoms with Gasteiger partial charge in [-0.2, -0.15) is 0 Å². The van der Waals surface area contributed by atoms with E-state index in [9.17, 15) is 34.5 Å². The predicted molar refractivity (Wildman–Crippen MR) is 340 cm³/mol. The second-order valence-electron chi connectivity index (χ2n) is 23.1. The Morgan fingerprint density at radius 1 is 0.398 bits per heavy atom. The number of esters is 3. The zero-order valence-corrected chi connectivity index (χ0v) is 52.9. The van der Waals surface area contributed by atoms with Gasteiger partial charge in [-0.3, -0.25) is 14.4 Å². The van der Waals surface area contributed by atoms with Crippen LogP contribution in [0.3, 0.4) is 0 Å². The highest BCUT2D eigenvalue weighted by Crippen LogP contribution is 2.27. The number of unbranched alkanes of at least 4 members (excludes halogenated alkanes) is 32. The number of hydrogen-bond donors (Lipinski definition) is 3. The summed E-state index contributed by atoms with van der Waals surface area (Å²) in [4.78, 5) is 51.4. The number of aliphatic hydroxyl groups is 2. The molecule has 1 saturated heterocycles. The molecule has 0 radical (unpaired) electrons. The summed E-state index contributed by atoms with van der Waals surface area (Å²) >= 11 is 0. The topological polar surface area (TPSA) is 175 Å². The Morgan fingerprint density at radius 2 is 0.723 bits per heavy atom. The van der Waals surface area contributed by atoms with E-state index in [0.29, 0.717) is 19.3 Å². The zero-order chi connectivity index (χ0) is 60.3. The van der Waals surface area contributed by atoms with Crippen LogP contribution in [0.4, 0.5) is 0 Å². The molecule has 0 amide bonds. The van der Waals surface area contributed by atoms with Crippen molar-refractivity contribution in [3.8, 4) is 0 Å². The summed E-state index contributed by atoms with van der Waals surface area (Å²) in [5.74, 6) is -3.14. The predicted octanol–water partition coefficient (Wildman–Crippen LogP) is 18.5. The molecule has 0 aromatic carbocycles. The van der Waals surface area contributed by atoms with Crippen LogP contribution in [0.1, 0.15) is 303 Å². The third-order valence-corrected chi connectivity index (χ3v) is 15.2. The lowest BCUT2D eigenvalue weighted by Crippen LogP contribution is -2.61. The minimum Gasteiger partial charge on any atom is -0.479 e. The molecule has 3 N–H and O–H groups in total. The highest BCUT2D eigenvalue weighted by Gasteiger charge is 2.50. The Hall–Kier alpha value is -3.84. The number of allylic oxidation sites excluding steroid dienone is 12. The van der Waals surface area contributed by atoms with E-state index in [1.54, 1.807) is 0 Å². The number of aliphatic carboxylic acids is 1. The standard InChI is InChI=1S/C71H122O12/c1-4-7-10-13-16-19-22-25-28-30-32-34-37-39-42-45-48-51-54-57-63(72)79-60-62(81-64(73)58-55-52-49-46-43-40-36-27-24-21-18-15-12-9-6-3)61-80-71-69(67(76)66(75)68(83-71)70(77)78)82-65(74)59-56-53-50-47-44-41-38-35-33-31-29-26-23-20-17-14-11-8-5-2/h16-17,19-20,25-29,33,35-36,62,66-69,71,75-76H,4-15,18,21-24,30-32,34,37-61H2,1-3H3,(H,77,78)/b19-16-,20-17-,28-25-,29-26-,35-33-,36-27-. The first-order chi connectivity index (χ1) is 40.6. The summed E-state index contributed by atoms with van der Waals surface area (Å²) in [6.45, 7) is 5.96. The van der Waals surface area contributed by atoms with E-state index in [2.05, 4.69) is 93.7 Å². The van der Waals surface area contributed by atoms with Crippen molar-refractivity contribution in [1.29, 1.82) is 0 Å². The maximum absolute atomic E-state index is 13.2. The molecule has 1 aliphatic heterocycles. The Bertz CT molecular complexity index is 1720. The average Bonchev–Trinajstić information content (AvgIpc) is 3.60. The number of carbonyl (C=O) groups is 4. The molecule has 83 heavy (non-hydrogen) atoms. The molecule has 1 heterocycles. The molecule has 478 valence electrons. The van der Waals surface area contributed by atoms with Crippen molar-refractivity contribution in [2.45, 2.75) is 340 Å². The summed E-state index contributed by atoms with van der Waals surface area (Å²) < 4.78 is 28.6. The van der Waals surface area contributed by atoms with Gasteiger partial charge in [0.25, 0.3) is 0 Å². The molecular weight excluding hydrogens is 1040 g/mol. The minimum absolute atomic E-state index is 0.0437. The Balaban J connectivity index is 2.65. The molecule has 1 aliphatic rings. The van der Waals surface area contributed by atoms with Gasteiger partial charge < -0.3 is 39.0 Å². The Kier molecular flexibility index (Phi) is 54.4. The van der Waals surface area contributed by atoms with E-state index in [1.165, 1.54) is 122 Å². The molecule has 1 rings (SSSR count). The van der Waals surface area contributed by atoms with E-state index in [0.717, 1.165) is 122 Å². The van der Waals surface area contributed by atoms with Gasteiger partial charge >= 0.3 is 23.9 Å². The van der Waals surface area contributed by atoms with E-state index in [1.807, 2.05) is 0 Å². The van der Waals surface area contributed by atoms with E-state index < -0.39 is 67.3 Å². The van der Waals surface area contributed by atoms with Crippen LogP contribution in [0.15, 0.2) is 72.9 Å². The highest BCUT2D eigenvalue weighted by atomic mass is 16.7.